The van der Waals surface area contributed by atoms with Crippen LogP contribution >= 0.6 is 0 Å². The molecule has 0 saturated heterocycles. The van der Waals surface area contributed by atoms with Gasteiger partial charge < -0.3 is 10.1 Å². The largest absolute Gasteiger partial charge is 0.492 e. The first-order valence-electron chi connectivity index (χ1n) is 7.70. The molecule has 0 aliphatic heterocycles. The van der Waals surface area contributed by atoms with E-state index in [1.807, 2.05) is 38.1 Å². The number of nitrogens with one attached hydrogen (secondary N) is 1. The molecule has 0 bridgehead atoms. The maximum Gasteiger partial charge on any atom is 0.204 e. The summed E-state index contributed by atoms with van der Waals surface area (Å²) in [6.07, 6.45) is 1.02. The molecule has 0 atom stereocenters. The Balaban J connectivity index is 2.42. The van der Waals surface area contributed by atoms with Crippen LogP contribution in [0.25, 0.3) is 5.69 Å². The van der Waals surface area contributed by atoms with Gasteiger partial charge in [0.2, 0.25) is 5.43 Å². The Bertz CT molecular complexity index is 680. The number of aromatic nitrogens is 2. The van der Waals surface area contributed by atoms with Crippen LogP contribution in [-0.4, -0.2) is 22.9 Å². The monoisotopic (exact) mass is 301 g/mol. The van der Waals surface area contributed by atoms with Gasteiger partial charge in [-0.25, -0.2) is 4.68 Å². The smallest absolute Gasteiger partial charge is 0.204 e. The molecule has 0 radical (unpaired) electrons. The highest BCUT2D eigenvalue weighted by molar-refractivity contribution is 5.46. The molecule has 0 saturated carbocycles. The van der Waals surface area contributed by atoms with Gasteiger partial charge in [0, 0.05) is 18.3 Å². The van der Waals surface area contributed by atoms with Crippen molar-refractivity contribution in [3.05, 3.63) is 51.9 Å². The summed E-state index contributed by atoms with van der Waals surface area (Å²) in [6, 6.07) is 9.34. The van der Waals surface area contributed by atoms with E-state index in [1.54, 1.807) is 10.7 Å². The number of para-hydroxylation sites is 2. The van der Waals surface area contributed by atoms with E-state index in [-0.39, 0.29) is 5.43 Å². The second kappa shape index (κ2) is 7.75. The molecule has 2 rings (SSSR count). The Kier molecular flexibility index (Phi) is 5.72. The van der Waals surface area contributed by atoms with Crippen LogP contribution in [0.3, 0.4) is 0 Å². The predicted molar refractivity (Wildman–Crippen MR) is 87.7 cm³/mol. The molecule has 5 nitrogen and oxygen atoms in total. The van der Waals surface area contributed by atoms with Crippen molar-refractivity contribution in [1.29, 1.82) is 0 Å². The fourth-order valence-corrected chi connectivity index (χ4v) is 2.24. The molecule has 0 amide bonds. The Morgan fingerprint density at radius 3 is 2.77 bits per heavy atom. The van der Waals surface area contributed by atoms with Gasteiger partial charge in [-0.2, -0.15) is 5.10 Å². The van der Waals surface area contributed by atoms with E-state index >= 15 is 0 Å². The van der Waals surface area contributed by atoms with Crippen LogP contribution in [-0.2, 0) is 6.54 Å². The van der Waals surface area contributed by atoms with Crippen molar-refractivity contribution >= 4 is 0 Å². The third kappa shape index (κ3) is 3.74. The number of ether oxygens (including phenoxy) is 1. The molecule has 0 unspecified atom stereocenters. The van der Waals surface area contributed by atoms with Crippen LogP contribution < -0.4 is 15.5 Å². The molecule has 2 aromatic rings. The van der Waals surface area contributed by atoms with E-state index in [4.69, 9.17) is 4.74 Å². The number of hydrogen-bond acceptors (Lipinski definition) is 4. The molecule has 5 heteroatoms. The van der Waals surface area contributed by atoms with Crippen molar-refractivity contribution in [2.75, 3.05) is 13.2 Å². The van der Waals surface area contributed by atoms with Gasteiger partial charge in [-0.1, -0.05) is 19.1 Å². The molecular weight excluding hydrogens is 278 g/mol. The van der Waals surface area contributed by atoms with E-state index in [1.165, 1.54) is 0 Å². The highest BCUT2D eigenvalue weighted by atomic mass is 16.5. The molecule has 0 aliphatic rings. The first-order chi connectivity index (χ1) is 10.7. The summed E-state index contributed by atoms with van der Waals surface area (Å²) in [4.78, 5) is 12.1. The minimum Gasteiger partial charge on any atom is -0.492 e. The quantitative estimate of drug-likeness (QED) is 0.798. The van der Waals surface area contributed by atoms with Gasteiger partial charge in [0.1, 0.15) is 17.1 Å². The average molecular weight is 301 g/mol. The molecular formula is C17H23N3O2. The van der Waals surface area contributed by atoms with Crippen LogP contribution in [0.4, 0.5) is 0 Å². The van der Waals surface area contributed by atoms with Crippen LogP contribution in [0.15, 0.2) is 35.1 Å². The minimum atomic E-state index is -0.0359. The fraction of sp³-hybridized carbons (Fsp3) is 0.412. The predicted octanol–water partition coefficient (Wildman–Crippen LogP) is 2.44. The molecule has 22 heavy (non-hydrogen) atoms. The van der Waals surface area contributed by atoms with E-state index < -0.39 is 0 Å². The maximum absolute atomic E-state index is 12.1. The summed E-state index contributed by atoms with van der Waals surface area (Å²) in [6.45, 7) is 7.84. The Morgan fingerprint density at radius 1 is 1.27 bits per heavy atom. The lowest BCUT2D eigenvalue weighted by Crippen LogP contribution is -2.25. The number of hydrogen-bond donors (Lipinski definition) is 1. The Hall–Kier alpha value is -2.14. The van der Waals surface area contributed by atoms with Gasteiger partial charge in [0.25, 0.3) is 0 Å². The van der Waals surface area contributed by atoms with Crippen LogP contribution in [0, 0.1) is 6.92 Å². The van der Waals surface area contributed by atoms with Gasteiger partial charge in [0.05, 0.1) is 6.61 Å². The summed E-state index contributed by atoms with van der Waals surface area (Å²) < 4.78 is 7.43. The summed E-state index contributed by atoms with van der Waals surface area (Å²) in [5.74, 6) is 0.761. The molecule has 0 aliphatic carbocycles. The topological polar surface area (TPSA) is 56.1 Å². The summed E-state index contributed by atoms with van der Waals surface area (Å²) in [5, 5.41) is 7.74. The molecule has 1 aromatic heterocycles. The first-order valence-corrected chi connectivity index (χ1v) is 7.70. The molecule has 1 heterocycles. The van der Waals surface area contributed by atoms with Gasteiger partial charge in [-0.15, -0.1) is 0 Å². The lowest BCUT2D eigenvalue weighted by atomic mass is 10.2. The molecule has 0 spiro atoms. The average Bonchev–Trinajstić information content (AvgIpc) is 2.51. The number of benzene rings is 1. The van der Waals surface area contributed by atoms with Gasteiger partial charge in [-0.05, 0) is 38.9 Å². The van der Waals surface area contributed by atoms with Crippen LogP contribution in [0.2, 0.25) is 0 Å². The number of nitrogens with zero attached hydrogens (tertiary/aromatic N) is 2. The van der Waals surface area contributed by atoms with Crippen molar-refractivity contribution in [3.8, 4) is 11.4 Å². The van der Waals surface area contributed by atoms with Gasteiger partial charge >= 0.3 is 0 Å². The Labute approximate surface area is 130 Å². The fourth-order valence-electron chi connectivity index (χ4n) is 2.24. The zero-order chi connectivity index (χ0) is 15.9. The molecule has 0 fully saturated rings. The van der Waals surface area contributed by atoms with E-state index in [0.29, 0.717) is 18.8 Å². The van der Waals surface area contributed by atoms with Crippen molar-refractivity contribution in [2.24, 2.45) is 0 Å². The van der Waals surface area contributed by atoms with Gasteiger partial charge in [0.15, 0.2) is 0 Å². The van der Waals surface area contributed by atoms with Crippen molar-refractivity contribution < 1.29 is 4.74 Å². The third-order valence-electron chi connectivity index (χ3n) is 3.29. The second-order valence-electron chi connectivity index (χ2n) is 5.09. The number of aryl methyl sites for hydroxylation is 1. The maximum atomic E-state index is 12.1. The second-order valence-corrected chi connectivity index (χ2v) is 5.09. The third-order valence-corrected chi connectivity index (χ3v) is 3.29. The van der Waals surface area contributed by atoms with Crippen molar-refractivity contribution in [3.63, 3.8) is 0 Å². The van der Waals surface area contributed by atoms with Crippen molar-refractivity contribution in [1.82, 2.24) is 15.1 Å². The standard InChI is InChI=1S/C17H23N3O2/c1-4-10-18-12-14-16(21)11-13(3)20(19-14)15-8-6-7-9-17(15)22-5-2/h6-9,11,18H,4-5,10,12H2,1-3H3. The van der Waals surface area contributed by atoms with E-state index in [0.717, 1.165) is 30.1 Å². The zero-order valence-electron chi connectivity index (χ0n) is 13.4. The minimum absolute atomic E-state index is 0.0359. The van der Waals surface area contributed by atoms with Crippen molar-refractivity contribution in [2.45, 2.75) is 33.7 Å². The highest BCUT2D eigenvalue weighted by Gasteiger charge is 2.11. The molecule has 1 aromatic carbocycles. The number of rotatable bonds is 7. The summed E-state index contributed by atoms with van der Waals surface area (Å²) >= 11 is 0. The van der Waals surface area contributed by atoms with Crippen LogP contribution in [0.5, 0.6) is 5.75 Å². The zero-order valence-corrected chi connectivity index (χ0v) is 13.4. The van der Waals surface area contributed by atoms with Gasteiger partial charge in [-0.3, -0.25) is 4.79 Å². The molecule has 118 valence electrons. The SMILES string of the molecule is CCCNCc1nn(-c2ccccc2OCC)c(C)cc1=O. The highest BCUT2D eigenvalue weighted by Crippen LogP contribution is 2.22. The van der Waals surface area contributed by atoms with E-state index in [9.17, 15) is 4.79 Å². The normalized spacial score (nSPS) is 10.7. The Morgan fingerprint density at radius 2 is 2.05 bits per heavy atom. The molecule has 1 N–H and O–H groups in total. The lowest BCUT2D eigenvalue weighted by molar-refractivity contribution is 0.338. The summed E-state index contributed by atoms with van der Waals surface area (Å²) in [7, 11) is 0. The van der Waals surface area contributed by atoms with Crippen LogP contribution in [0.1, 0.15) is 31.7 Å². The summed E-state index contributed by atoms with van der Waals surface area (Å²) in [5.41, 5.74) is 2.12. The first kappa shape index (κ1) is 16.2. The van der Waals surface area contributed by atoms with E-state index in [2.05, 4.69) is 17.3 Å². The lowest BCUT2D eigenvalue weighted by Gasteiger charge is -2.15.